The Labute approximate surface area is 183 Å². The Kier molecular flexibility index (Phi) is 3.81. The zero-order valence-corrected chi connectivity index (χ0v) is 18.0. The van der Waals surface area contributed by atoms with Gasteiger partial charge < -0.3 is 14.2 Å². The SMILES string of the molecule is CC(C)(C)OC(=O)N1CC(=O)N2Cc3c(-c4noc(C5CC5)n4)ncn3-c3cccc1c32. The number of imidazole rings is 1. The first kappa shape index (κ1) is 19.0. The Hall–Kier alpha value is -3.69. The molecule has 2 amide bonds. The summed E-state index contributed by atoms with van der Waals surface area (Å²) < 4.78 is 12.9. The lowest BCUT2D eigenvalue weighted by Crippen LogP contribution is -2.50. The summed E-state index contributed by atoms with van der Waals surface area (Å²) in [5, 5.41) is 4.12. The number of fused-ring (bicyclic) bond motifs is 2. The van der Waals surface area contributed by atoms with E-state index in [1.165, 1.54) is 4.90 Å². The van der Waals surface area contributed by atoms with Gasteiger partial charge in [-0.05, 0) is 45.7 Å². The van der Waals surface area contributed by atoms with Gasteiger partial charge in [-0.25, -0.2) is 9.78 Å². The maximum atomic E-state index is 13.1. The van der Waals surface area contributed by atoms with Crippen LogP contribution in [0.15, 0.2) is 29.0 Å². The van der Waals surface area contributed by atoms with Crippen LogP contribution in [0.25, 0.3) is 17.2 Å². The summed E-state index contributed by atoms with van der Waals surface area (Å²) in [5.41, 5.74) is 2.79. The van der Waals surface area contributed by atoms with Gasteiger partial charge in [-0.1, -0.05) is 11.2 Å². The number of aromatic nitrogens is 4. The summed E-state index contributed by atoms with van der Waals surface area (Å²) in [6.07, 6.45) is 3.28. The van der Waals surface area contributed by atoms with E-state index in [1.54, 1.807) is 32.0 Å². The molecule has 2 aromatic heterocycles. The molecule has 0 spiro atoms. The standard InChI is InChI=1S/C22H22N6O4/c1-22(2,3)31-21(30)26-10-16(29)27-9-15-17(19-24-20(32-25-19)12-7-8-12)23-11-28(15)14-6-4-5-13(26)18(14)27/h4-6,11-12H,7-10H2,1-3H3. The van der Waals surface area contributed by atoms with Gasteiger partial charge in [0.1, 0.15) is 24.2 Å². The average Bonchev–Trinajstić information content (AvgIpc) is 3.31. The quantitative estimate of drug-likeness (QED) is 0.608. The van der Waals surface area contributed by atoms with E-state index in [2.05, 4.69) is 15.1 Å². The fraction of sp³-hybridized carbons (Fsp3) is 0.409. The third-order valence-electron chi connectivity index (χ3n) is 5.78. The molecule has 0 atom stereocenters. The van der Waals surface area contributed by atoms with Gasteiger partial charge >= 0.3 is 6.09 Å². The van der Waals surface area contributed by atoms with Crippen molar-refractivity contribution in [3.05, 3.63) is 36.1 Å². The van der Waals surface area contributed by atoms with Crippen molar-refractivity contribution in [2.45, 2.75) is 51.7 Å². The van der Waals surface area contributed by atoms with Crippen molar-refractivity contribution in [2.24, 2.45) is 0 Å². The second-order valence-electron chi connectivity index (χ2n) is 9.33. The van der Waals surface area contributed by atoms with E-state index >= 15 is 0 Å². The molecular weight excluding hydrogens is 412 g/mol. The summed E-state index contributed by atoms with van der Waals surface area (Å²) in [4.78, 5) is 38.1. The lowest BCUT2D eigenvalue weighted by Gasteiger charge is -2.40. The Morgan fingerprint density at radius 1 is 1.19 bits per heavy atom. The lowest BCUT2D eigenvalue weighted by atomic mass is 10.1. The number of hydrogen-bond donors (Lipinski definition) is 0. The summed E-state index contributed by atoms with van der Waals surface area (Å²) in [6, 6.07) is 5.58. The highest BCUT2D eigenvalue weighted by Gasteiger charge is 2.40. The molecule has 3 aliphatic rings. The molecule has 0 unspecified atom stereocenters. The van der Waals surface area contributed by atoms with E-state index in [0.717, 1.165) is 24.2 Å². The highest BCUT2D eigenvalue weighted by molar-refractivity contribution is 6.12. The van der Waals surface area contributed by atoms with Gasteiger partial charge in [0.05, 0.1) is 29.3 Å². The van der Waals surface area contributed by atoms with E-state index in [0.29, 0.717) is 41.2 Å². The average molecular weight is 434 g/mol. The van der Waals surface area contributed by atoms with Gasteiger partial charge in [-0.3, -0.25) is 14.3 Å². The molecule has 32 heavy (non-hydrogen) atoms. The molecule has 10 heteroatoms. The highest BCUT2D eigenvalue weighted by Crippen LogP contribution is 2.45. The molecule has 1 aliphatic carbocycles. The molecule has 3 aromatic rings. The van der Waals surface area contributed by atoms with Crippen LogP contribution in [0.5, 0.6) is 0 Å². The predicted octanol–water partition coefficient (Wildman–Crippen LogP) is 3.40. The van der Waals surface area contributed by atoms with Crippen molar-refractivity contribution in [1.29, 1.82) is 0 Å². The maximum Gasteiger partial charge on any atom is 0.415 e. The van der Waals surface area contributed by atoms with E-state index in [-0.39, 0.29) is 12.5 Å². The number of benzene rings is 1. The third-order valence-corrected chi connectivity index (χ3v) is 5.78. The first-order chi connectivity index (χ1) is 15.3. The Bertz CT molecular complexity index is 1270. The van der Waals surface area contributed by atoms with Crippen LogP contribution in [0.3, 0.4) is 0 Å². The van der Waals surface area contributed by atoms with Crippen molar-refractivity contribution in [3.63, 3.8) is 0 Å². The summed E-state index contributed by atoms with van der Waals surface area (Å²) in [6.45, 7) is 5.61. The molecule has 0 saturated heterocycles. The van der Waals surface area contributed by atoms with Crippen LogP contribution in [0, 0.1) is 0 Å². The molecule has 1 aromatic carbocycles. The monoisotopic (exact) mass is 434 g/mol. The normalized spacial score (nSPS) is 17.3. The van der Waals surface area contributed by atoms with E-state index < -0.39 is 11.7 Å². The largest absolute Gasteiger partial charge is 0.443 e. The first-order valence-corrected chi connectivity index (χ1v) is 10.6. The van der Waals surface area contributed by atoms with Gasteiger partial charge in [0.25, 0.3) is 0 Å². The molecule has 0 radical (unpaired) electrons. The van der Waals surface area contributed by atoms with Crippen molar-refractivity contribution < 1.29 is 18.8 Å². The van der Waals surface area contributed by atoms with Gasteiger partial charge in [0.15, 0.2) is 0 Å². The summed E-state index contributed by atoms with van der Waals surface area (Å²) in [7, 11) is 0. The number of carbonyl (C=O) groups excluding carboxylic acids is 2. The highest BCUT2D eigenvalue weighted by atomic mass is 16.6. The van der Waals surface area contributed by atoms with Gasteiger partial charge in [0, 0.05) is 5.92 Å². The molecule has 164 valence electrons. The van der Waals surface area contributed by atoms with E-state index in [9.17, 15) is 9.59 Å². The molecule has 0 N–H and O–H groups in total. The first-order valence-electron chi connectivity index (χ1n) is 10.6. The number of anilines is 2. The minimum absolute atomic E-state index is 0.0944. The van der Waals surface area contributed by atoms with E-state index in [1.807, 2.05) is 22.8 Å². The van der Waals surface area contributed by atoms with Crippen molar-refractivity contribution in [2.75, 3.05) is 16.3 Å². The van der Waals surface area contributed by atoms with Gasteiger partial charge in [-0.2, -0.15) is 4.98 Å². The fourth-order valence-electron chi connectivity index (χ4n) is 4.18. The Morgan fingerprint density at radius 2 is 1.97 bits per heavy atom. The van der Waals surface area contributed by atoms with Crippen LogP contribution in [0.2, 0.25) is 0 Å². The summed E-state index contributed by atoms with van der Waals surface area (Å²) in [5.74, 6) is 1.23. The third kappa shape index (κ3) is 2.89. The molecule has 4 heterocycles. The predicted molar refractivity (Wildman–Crippen MR) is 114 cm³/mol. The molecule has 6 rings (SSSR count). The van der Waals surface area contributed by atoms with Crippen LogP contribution < -0.4 is 9.80 Å². The minimum atomic E-state index is -0.664. The van der Waals surface area contributed by atoms with Crippen LogP contribution in [0.4, 0.5) is 16.2 Å². The molecular formula is C22H22N6O4. The molecule has 2 aliphatic heterocycles. The smallest absolute Gasteiger partial charge is 0.415 e. The number of ether oxygens (including phenoxy) is 1. The number of rotatable bonds is 2. The van der Waals surface area contributed by atoms with Crippen molar-refractivity contribution >= 4 is 23.4 Å². The minimum Gasteiger partial charge on any atom is -0.443 e. The molecule has 1 saturated carbocycles. The van der Waals surface area contributed by atoms with Crippen molar-refractivity contribution in [3.8, 4) is 17.2 Å². The van der Waals surface area contributed by atoms with Crippen LogP contribution in [0.1, 0.15) is 51.1 Å². The number of para-hydroxylation sites is 1. The second-order valence-corrected chi connectivity index (χ2v) is 9.33. The van der Waals surface area contributed by atoms with Gasteiger partial charge in [-0.15, -0.1) is 0 Å². The zero-order valence-electron chi connectivity index (χ0n) is 18.0. The fourth-order valence-corrected chi connectivity index (χ4v) is 4.18. The van der Waals surface area contributed by atoms with Crippen molar-refractivity contribution in [1.82, 2.24) is 19.7 Å². The zero-order chi connectivity index (χ0) is 22.2. The number of nitrogens with zero attached hydrogens (tertiary/aromatic N) is 6. The van der Waals surface area contributed by atoms with Crippen LogP contribution in [-0.4, -0.2) is 43.8 Å². The lowest BCUT2D eigenvalue weighted by molar-refractivity contribution is -0.117. The number of carbonyl (C=O) groups is 2. The molecule has 0 bridgehead atoms. The maximum absolute atomic E-state index is 13.1. The number of hydrogen-bond acceptors (Lipinski definition) is 7. The summed E-state index contributed by atoms with van der Waals surface area (Å²) >= 11 is 0. The number of amides is 2. The Morgan fingerprint density at radius 3 is 2.72 bits per heavy atom. The Balaban J connectivity index is 1.44. The second kappa shape index (κ2) is 6.41. The van der Waals surface area contributed by atoms with Gasteiger partial charge in [0.2, 0.25) is 17.6 Å². The van der Waals surface area contributed by atoms with E-state index in [4.69, 9.17) is 9.26 Å². The molecule has 10 nitrogen and oxygen atoms in total. The molecule has 1 fully saturated rings. The van der Waals surface area contributed by atoms with Crippen LogP contribution >= 0.6 is 0 Å². The van der Waals surface area contributed by atoms with Crippen LogP contribution in [-0.2, 0) is 16.1 Å². The topological polar surface area (TPSA) is 107 Å².